The molecule has 15 nitrogen and oxygen atoms in total. The maximum Gasteiger partial charge on any atom is 0.322 e. The van der Waals surface area contributed by atoms with E-state index in [4.69, 9.17) is 10.8 Å². The molecule has 0 spiro atoms. The fourth-order valence-corrected chi connectivity index (χ4v) is 3.75. The van der Waals surface area contributed by atoms with Crippen molar-refractivity contribution < 1.29 is 43.8 Å². The van der Waals surface area contributed by atoms with Crippen LogP contribution in [-0.2, 0) is 40.0 Å². The summed E-state index contributed by atoms with van der Waals surface area (Å²) in [5.74, 6) is -6.32. The summed E-state index contributed by atoms with van der Waals surface area (Å²) >= 11 is 1.36. The molecule has 3 atom stereocenters. The molecule has 16 heteroatoms. The van der Waals surface area contributed by atoms with E-state index in [1.807, 2.05) is 0 Å². The van der Waals surface area contributed by atoms with Gasteiger partial charge in [-0.15, -0.1) is 0 Å². The molecule has 220 valence electrons. The maximum atomic E-state index is 13.2. The smallest absolute Gasteiger partial charge is 0.322 e. The van der Waals surface area contributed by atoms with E-state index in [-0.39, 0.29) is 19.4 Å². The first-order valence-corrected chi connectivity index (χ1v) is 13.5. The predicted molar refractivity (Wildman–Crippen MR) is 144 cm³/mol. The standard InChI is InChI=1S/C24H34N6O9S/c1-40-8-7-15(22(37)27-13-21(35)36)29-24(39)17(10-20(33)34)30-23(38)16(9-14-5-3-2-4-6-14)28-19(32)12-26-18(31)11-25/h2-6,15-17H,7-13,25H2,1H3,(H,26,31)(H,27,37)(H,28,32)(H,29,39)(H,30,38)(H,33,34)(H,35,36)/t15-,16-,17-/m0/s1. The van der Waals surface area contributed by atoms with Gasteiger partial charge in [-0.05, 0) is 24.0 Å². The van der Waals surface area contributed by atoms with E-state index < -0.39 is 79.1 Å². The summed E-state index contributed by atoms with van der Waals surface area (Å²) in [6.07, 6.45) is 0.984. The van der Waals surface area contributed by atoms with Crippen LogP contribution in [0.4, 0.5) is 0 Å². The molecule has 40 heavy (non-hydrogen) atoms. The quantitative estimate of drug-likeness (QED) is 0.0877. The largest absolute Gasteiger partial charge is 0.481 e. The summed E-state index contributed by atoms with van der Waals surface area (Å²) in [6.45, 7) is -1.51. The van der Waals surface area contributed by atoms with Crippen LogP contribution in [0.2, 0.25) is 0 Å². The lowest BCUT2D eigenvalue weighted by atomic mass is 10.0. The van der Waals surface area contributed by atoms with Crippen LogP contribution in [0.5, 0.6) is 0 Å². The van der Waals surface area contributed by atoms with Gasteiger partial charge in [0.25, 0.3) is 0 Å². The lowest BCUT2D eigenvalue weighted by Crippen LogP contribution is -2.58. The van der Waals surface area contributed by atoms with E-state index in [1.165, 1.54) is 11.8 Å². The van der Waals surface area contributed by atoms with Crippen LogP contribution in [0.25, 0.3) is 0 Å². The van der Waals surface area contributed by atoms with Crippen LogP contribution < -0.4 is 32.3 Å². The third kappa shape index (κ3) is 13.6. The van der Waals surface area contributed by atoms with Gasteiger partial charge in [0.15, 0.2) is 0 Å². The Morgan fingerprint density at radius 2 is 1.40 bits per heavy atom. The lowest BCUT2D eigenvalue weighted by Gasteiger charge is -2.24. The van der Waals surface area contributed by atoms with Gasteiger partial charge in [-0.2, -0.15) is 11.8 Å². The first kappa shape index (κ1) is 33.8. The number of thioether (sulfide) groups is 1. The summed E-state index contributed by atoms with van der Waals surface area (Å²) in [5, 5.41) is 29.7. The number of hydrogen-bond acceptors (Lipinski definition) is 9. The Kier molecular flexibility index (Phi) is 15.4. The molecule has 0 bridgehead atoms. The third-order valence-electron chi connectivity index (χ3n) is 5.24. The highest BCUT2D eigenvalue weighted by Gasteiger charge is 2.31. The zero-order chi connectivity index (χ0) is 30.1. The second-order valence-corrected chi connectivity index (χ2v) is 9.39. The van der Waals surface area contributed by atoms with E-state index in [0.717, 1.165) is 0 Å². The van der Waals surface area contributed by atoms with Crippen molar-refractivity contribution >= 4 is 53.2 Å². The zero-order valence-electron chi connectivity index (χ0n) is 21.8. The minimum Gasteiger partial charge on any atom is -0.481 e. The van der Waals surface area contributed by atoms with Crippen LogP contribution in [0.3, 0.4) is 0 Å². The van der Waals surface area contributed by atoms with Gasteiger partial charge in [-0.1, -0.05) is 30.3 Å². The van der Waals surface area contributed by atoms with Gasteiger partial charge in [-0.25, -0.2) is 0 Å². The molecule has 0 saturated heterocycles. The highest BCUT2D eigenvalue weighted by atomic mass is 32.2. The van der Waals surface area contributed by atoms with Crippen molar-refractivity contribution in [1.82, 2.24) is 26.6 Å². The van der Waals surface area contributed by atoms with Gasteiger partial charge in [0.1, 0.15) is 24.7 Å². The Morgan fingerprint density at radius 1 is 0.775 bits per heavy atom. The van der Waals surface area contributed by atoms with Crippen molar-refractivity contribution in [2.75, 3.05) is 31.6 Å². The first-order valence-electron chi connectivity index (χ1n) is 12.1. The number of benzene rings is 1. The summed E-state index contributed by atoms with van der Waals surface area (Å²) < 4.78 is 0. The summed E-state index contributed by atoms with van der Waals surface area (Å²) in [4.78, 5) is 84.7. The highest BCUT2D eigenvalue weighted by molar-refractivity contribution is 7.98. The Bertz CT molecular complexity index is 1060. The normalized spacial score (nSPS) is 12.7. The van der Waals surface area contributed by atoms with Gasteiger partial charge >= 0.3 is 11.9 Å². The molecule has 1 aromatic carbocycles. The molecule has 0 heterocycles. The summed E-state index contributed by atoms with van der Waals surface area (Å²) in [6, 6.07) is 4.44. The van der Waals surface area contributed by atoms with Crippen molar-refractivity contribution in [3.8, 4) is 0 Å². The van der Waals surface area contributed by atoms with Gasteiger partial charge in [0, 0.05) is 6.42 Å². The molecule has 5 amide bonds. The van der Waals surface area contributed by atoms with E-state index in [1.54, 1.807) is 36.6 Å². The Labute approximate surface area is 234 Å². The zero-order valence-corrected chi connectivity index (χ0v) is 22.6. The molecule has 9 N–H and O–H groups in total. The number of hydrogen-bond donors (Lipinski definition) is 8. The van der Waals surface area contributed by atoms with Crippen molar-refractivity contribution in [3.63, 3.8) is 0 Å². The van der Waals surface area contributed by atoms with E-state index in [2.05, 4.69) is 26.6 Å². The van der Waals surface area contributed by atoms with Crippen molar-refractivity contribution in [2.24, 2.45) is 5.73 Å². The number of aliphatic carboxylic acids is 2. The molecule has 1 rings (SSSR count). The Hall–Kier alpha value is -4.18. The fraction of sp³-hybridized carbons (Fsp3) is 0.458. The van der Waals surface area contributed by atoms with Crippen molar-refractivity contribution in [1.29, 1.82) is 0 Å². The highest BCUT2D eigenvalue weighted by Crippen LogP contribution is 2.06. The average molecular weight is 583 g/mol. The topological polar surface area (TPSA) is 246 Å². The first-order chi connectivity index (χ1) is 19.0. The molecular formula is C24H34N6O9S. The minimum absolute atomic E-state index is 0.0292. The van der Waals surface area contributed by atoms with Crippen LogP contribution in [-0.4, -0.2) is 101 Å². The number of carboxylic acids is 2. The molecule has 0 saturated carbocycles. The van der Waals surface area contributed by atoms with Crippen LogP contribution in [0.15, 0.2) is 30.3 Å². The summed E-state index contributed by atoms with van der Waals surface area (Å²) in [7, 11) is 0. The van der Waals surface area contributed by atoms with Gasteiger partial charge in [0.05, 0.1) is 19.5 Å². The molecule has 0 aliphatic rings. The monoisotopic (exact) mass is 582 g/mol. The number of nitrogens with two attached hydrogens (primary N) is 1. The van der Waals surface area contributed by atoms with Crippen LogP contribution in [0, 0.1) is 0 Å². The van der Waals surface area contributed by atoms with Gasteiger partial charge in [0.2, 0.25) is 29.5 Å². The Balaban J connectivity index is 3.09. The average Bonchev–Trinajstić information content (AvgIpc) is 2.91. The molecule has 0 radical (unpaired) electrons. The lowest BCUT2D eigenvalue weighted by molar-refractivity contribution is -0.142. The minimum atomic E-state index is -1.64. The molecule has 1 aromatic rings. The Morgan fingerprint density at radius 3 is 1.98 bits per heavy atom. The van der Waals surface area contributed by atoms with Crippen molar-refractivity contribution in [2.45, 2.75) is 37.4 Å². The second kappa shape index (κ2) is 18.2. The fourth-order valence-electron chi connectivity index (χ4n) is 3.27. The maximum absolute atomic E-state index is 13.2. The van der Waals surface area contributed by atoms with Gasteiger partial charge < -0.3 is 42.5 Å². The van der Waals surface area contributed by atoms with Gasteiger partial charge in [-0.3, -0.25) is 33.6 Å². The molecule has 0 aliphatic carbocycles. The van der Waals surface area contributed by atoms with Crippen LogP contribution in [0.1, 0.15) is 18.4 Å². The molecule has 0 fully saturated rings. The van der Waals surface area contributed by atoms with E-state index in [0.29, 0.717) is 11.3 Å². The third-order valence-corrected chi connectivity index (χ3v) is 5.88. The number of nitrogens with one attached hydrogen (secondary N) is 5. The van der Waals surface area contributed by atoms with Crippen LogP contribution >= 0.6 is 11.8 Å². The number of carbonyl (C=O) groups is 7. The number of carboxylic acid groups (broad SMARTS) is 2. The second-order valence-electron chi connectivity index (χ2n) is 8.40. The van der Waals surface area contributed by atoms with E-state index >= 15 is 0 Å². The number of rotatable bonds is 18. The number of amides is 5. The molecule has 0 aromatic heterocycles. The van der Waals surface area contributed by atoms with E-state index in [9.17, 15) is 38.7 Å². The predicted octanol–water partition coefficient (Wildman–Crippen LogP) is -2.81. The summed E-state index contributed by atoms with van der Waals surface area (Å²) in [5.41, 5.74) is 5.84. The van der Waals surface area contributed by atoms with Crippen molar-refractivity contribution in [3.05, 3.63) is 35.9 Å². The number of carbonyl (C=O) groups excluding carboxylic acids is 5. The SMILES string of the molecule is CSCC[C@H](NC(=O)[C@H](CC(=O)O)NC(=O)[C@H](Cc1ccccc1)NC(=O)CNC(=O)CN)C(=O)NCC(=O)O. The molecular weight excluding hydrogens is 548 g/mol. The molecule has 0 unspecified atom stereocenters. The molecule has 0 aliphatic heterocycles.